The second-order valence-corrected chi connectivity index (χ2v) is 10.4. The fraction of sp³-hybridized carbons (Fsp3) is 0.619. The van der Waals surface area contributed by atoms with Crippen LogP contribution in [0.5, 0.6) is 0 Å². The second-order valence-electron chi connectivity index (χ2n) is 8.93. The zero-order chi connectivity index (χ0) is 27.3. The van der Waals surface area contributed by atoms with Crippen molar-refractivity contribution in [3.05, 3.63) is 33.4 Å². The molecule has 0 amide bonds. The molecule has 2 rings (SSSR count). The minimum absolute atomic E-state index is 0.119. The summed E-state index contributed by atoms with van der Waals surface area (Å²) in [5, 5.41) is 0. The maximum atomic E-state index is 13.5. The largest absolute Gasteiger partial charge is 0.459 e. The number of alkyl halides is 3. The van der Waals surface area contributed by atoms with E-state index >= 15 is 0 Å². The first-order valence-electron chi connectivity index (χ1n) is 12.4. The third kappa shape index (κ3) is 7.34. The maximum Gasteiger partial charge on any atom is 0.426 e. The van der Waals surface area contributed by atoms with Crippen LogP contribution < -0.4 is 0 Å². The highest BCUT2D eigenvalue weighted by atomic mass is 32.2. The van der Waals surface area contributed by atoms with E-state index in [1.165, 1.54) is 0 Å². The third-order valence-corrected chi connectivity index (χ3v) is 7.30. The smallest absolute Gasteiger partial charge is 0.426 e. The van der Waals surface area contributed by atoms with Gasteiger partial charge in [-0.25, -0.2) is 9.59 Å². The minimum atomic E-state index is -5.26. The molecule has 1 N–H and O–H groups in total. The van der Waals surface area contributed by atoms with Crippen molar-refractivity contribution in [3.8, 4) is 0 Å². The summed E-state index contributed by atoms with van der Waals surface area (Å²) in [5.41, 5.74) is 2.03. The van der Waals surface area contributed by atoms with E-state index < -0.39 is 40.1 Å². The van der Waals surface area contributed by atoms with Gasteiger partial charge in [-0.05, 0) is 47.9 Å². The molecule has 1 aliphatic rings. The minimum Gasteiger partial charge on any atom is -0.459 e. The number of esters is 2. The molecule has 0 spiro atoms. The zero-order valence-corrected chi connectivity index (χ0v) is 22.0. The van der Waals surface area contributed by atoms with Crippen LogP contribution in [0.25, 0.3) is 0 Å². The number of carbonyl (C=O) groups excluding carboxylic acids is 2. The van der Waals surface area contributed by atoms with E-state index in [1.807, 2.05) is 15.7 Å². The number of hydrogen-bond acceptors (Lipinski definition) is 6. The molecular weight excluding hydrogens is 497 g/mol. The summed E-state index contributed by atoms with van der Waals surface area (Å²) in [6.07, 6.45) is -3.08. The average Bonchev–Trinajstić information content (AvgIpc) is 2.80. The summed E-state index contributed by atoms with van der Waals surface area (Å²) < 4.78 is 82.4. The Balaban J connectivity index is 2.73. The first kappa shape index (κ1) is 30.3. The van der Waals surface area contributed by atoms with Crippen LogP contribution in [0.3, 0.4) is 0 Å². The van der Waals surface area contributed by atoms with Crippen LogP contribution in [0.4, 0.5) is 13.2 Å². The molecule has 0 radical (unpaired) electrons. The van der Waals surface area contributed by atoms with Gasteiger partial charge in [-0.2, -0.15) is 21.6 Å². The summed E-state index contributed by atoms with van der Waals surface area (Å²) in [4.78, 5) is 26.8. The van der Waals surface area contributed by atoms with Gasteiger partial charge in [0.25, 0.3) is 10.1 Å². The lowest BCUT2D eigenvalue weighted by Gasteiger charge is -2.27. The van der Waals surface area contributed by atoms with E-state index in [9.17, 15) is 31.2 Å². The van der Waals surface area contributed by atoms with Crippen LogP contribution in [-0.2, 0) is 44.9 Å². The Morgan fingerprint density at radius 3 is 1.69 bits per heavy atom. The van der Waals surface area contributed by atoms with Crippen LogP contribution in [0.15, 0.2) is 0 Å². The average molecular weight is 528 g/mol. The number of carbonyl (C=O) groups is 2. The van der Waals surface area contributed by atoms with Crippen molar-refractivity contribution in [2.45, 2.75) is 75.8 Å². The van der Waals surface area contributed by atoms with Gasteiger partial charge in [0.15, 0.2) is 0 Å². The van der Waals surface area contributed by atoms with Gasteiger partial charge in [0.05, 0.1) is 11.1 Å². The molecule has 0 aromatic heterocycles. The zero-order valence-electron chi connectivity index (χ0n) is 21.2. The van der Waals surface area contributed by atoms with Gasteiger partial charge >= 0.3 is 18.1 Å². The summed E-state index contributed by atoms with van der Waals surface area (Å²) in [7, 11) is 2.12. The van der Waals surface area contributed by atoms with Crippen LogP contribution in [-0.4, -0.2) is 80.4 Å². The molecule has 1 aromatic rings. The van der Waals surface area contributed by atoms with Gasteiger partial charge in [-0.15, -0.1) is 0 Å². The molecule has 1 unspecified atom stereocenters. The third-order valence-electron chi connectivity index (χ3n) is 6.57. The molecule has 1 atom stereocenters. The van der Waals surface area contributed by atoms with Crippen molar-refractivity contribution in [2.24, 2.45) is 0 Å². The Hall–Kier alpha value is -1.88. The predicted molar refractivity (Wildman–Crippen MR) is 139 cm³/mol. The highest BCUT2D eigenvalue weighted by Crippen LogP contribution is 2.33. The molecule has 0 heterocycles. The highest BCUT2D eigenvalue weighted by Gasteiger charge is 2.46. The predicted octanol–water partition coefficient (Wildman–Crippen LogP) is -0.316. The topological polar surface area (TPSA) is 107 Å². The molecule has 0 bridgehead atoms. The van der Waals surface area contributed by atoms with E-state index in [1.54, 1.807) is 15.7 Å². The van der Waals surface area contributed by atoms with E-state index in [0.29, 0.717) is 42.9 Å². The van der Waals surface area contributed by atoms with Crippen molar-refractivity contribution in [1.82, 2.24) is 0 Å². The molecule has 7 nitrogen and oxygen atoms in total. The molecule has 15 heteroatoms. The Morgan fingerprint density at radius 2 is 1.31 bits per heavy atom. The Labute approximate surface area is 213 Å². The van der Waals surface area contributed by atoms with Crippen LogP contribution >= 0.6 is 0 Å². The molecule has 0 saturated heterocycles. The highest BCUT2D eigenvalue weighted by molar-refractivity contribution is 7.85. The normalized spacial score (nSPS) is 15.9. The molecule has 196 valence electrons. The fourth-order valence-corrected chi connectivity index (χ4v) is 5.66. The molecule has 1 saturated carbocycles. The van der Waals surface area contributed by atoms with E-state index in [4.69, 9.17) is 9.29 Å². The van der Waals surface area contributed by atoms with Gasteiger partial charge in [-0.1, -0.05) is 31.7 Å². The lowest BCUT2D eigenvalue weighted by molar-refractivity contribution is -0.197. The van der Waals surface area contributed by atoms with Crippen molar-refractivity contribution in [1.29, 1.82) is 0 Å². The SMILES string of the molecule is BCc1c(CB)c(CB)c(C(=O)OC(CS(=O)(=O)O)C(F)(F)F)c(C(=O)OC2CCCCC2)c1CB. The van der Waals surface area contributed by atoms with Gasteiger partial charge in [0.1, 0.15) is 43.2 Å². The van der Waals surface area contributed by atoms with Crippen LogP contribution in [0.1, 0.15) is 75.1 Å². The molecule has 1 aromatic carbocycles. The van der Waals surface area contributed by atoms with Gasteiger partial charge < -0.3 is 9.47 Å². The van der Waals surface area contributed by atoms with E-state index in [2.05, 4.69) is 4.74 Å². The fourth-order valence-electron chi connectivity index (χ4n) is 5.02. The molecule has 36 heavy (non-hydrogen) atoms. The lowest BCUT2D eigenvalue weighted by atomic mass is 9.72. The summed E-state index contributed by atoms with van der Waals surface area (Å²) in [6.45, 7) is 0. The van der Waals surface area contributed by atoms with Crippen molar-refractivity contribution >= 4 is 53.4 Å². The molecular formula is C21H31B4F3O7S. The number of ether oxygens (including phenoxy) is 2. The summed E-state index contributed by atoms with van der Waals surface area (Å²) in [6, 6.07) is 0. The molecule has 1 aliphatic carbocycles. The number of halogens is 3. The summed E-state index contributed by atoms with van der Waals surface area (Å²) in [5.74, 6) is -4.11. The first-order chi connectivity index (χ1) is 16.8. The number of rotatable bonds is 10. The van der Waals surface area contributed by atoms with Gasteiger partial charge in [0.2, 0.25) is 6.10 Å². The van der Waals surface area contributed by atoms with Crippen molar-refractivity contribution < 1.29 is 45.2 Å². The van der Waals surface area contributed by atoms with Gasteiger partial charge in [0, 0.05) is 0 Å². The quantitative estimate of drug-likeness (QED) is 0.253. The first-order valence-corrected chi connectivity index (χ1v) is 14.0. The van der Waals surface area contributed by atoms with Crippen LogP contribution in [0.2, 0.25) is 0 Å². The summed E-state index contributed by atoms with van der Waals surface area (Å²) >= 11 is 0. The van der Waals surface area contributed by atoms with E-state index in [-0.39, 0.29) is 23.6 Å². The maximum absolute atomic E-state index is 13.5. The Kier molecular flexibility index (Phi) is 10.6. The van der Waals surface area contributed by atoms with Crippen LogP contribution in [0, 0.1) is 0 Å². The number of hydrogen-bond donors (Lipinski definition) is 1. The van der Waals surface area contributed by atoms with Crippen molar-refractivity contribution in [2.75, 3.05) is 5.75 Å². The second kappa shape index (κ2) is 12.6. The van der Waals surface area contributed by atoms with E-state index in [0.717, 1.165) is 30.4 Å². The Bertz CT molecular complexity index is 1070. The lowest BCUT2D eigenvalue weighted by Crippen LogP contribution is -2.40. The van der Waals surface area contributed by atoms with Gasteiger partial charge in [-0.3, -0.25) is 4.55 Å². The number of benzene rings is 1. The monoisotopic (exact) mass is 528 g/mol. The molecule has 1 fully saturated rings. The van der Waals surface area contributed by atoms with Crippen molar-refractivity contribution in [3.63, 3.8) is 0 Å². The standard InChI is InChI=1S/C21H31B4F3O7S/c22-6-12-13(7-23)15(9-25)18(20(30)35-16(21(26,27)28)10-36(31,32)33)17(14(12)8-24)19(29)34-11-4-2-1-3-5-11/h11,16H,1-10,22-25H2,(H,31,32,33). The Morgan fingerprint density at radius 1 is 0.861 bits per heavy atom. The molecule has 0 aliphatic heterocycles.